The van der Waals surface area contributed by atoms with Gasteiger partial charge >= 0.3 is 0 Å². The fraction of sp³-hybridized carbons (Fsp3) is 0.0741. The Labute approximate surface area is 329 Å². The Morgan fingerprint density at radius 1 is 0.393 bits per heavy atom. The van der Waals surface area contributed by atoms with Gasteiger partial charge in [-0.2, -0.15) is 0 Å². The molecule has 8 aromatic rings. The maximum atomic E-state index is 2.46. The van der Waals surface area contributed by atoms with Crippen molar-refractivity contribution < 1.29 is 0 Å². The minimum Gasteiger partial charge on any atom is -0.314 e. The minimum absolute atomic E-state index is 0.960. The topological polar surface area (TPSA) is 6.48 Å². The van der Waals surface area contributed by atoms with Crippen molar-refractivity contribution in [3.63, 3.8) is 0 Å². The average molecular weight is 719 g/mol. The number of rotatable bonds is 8. The summed E-state index contributed by atoms with van der Waals surface area (Å²) in [6.45, 7) is 0. The summed E-state index contributed by atoms with van der Waals surface area (Å²) in [6.07, 6.45) is 17.9. The molecule has 0 fully saturated rings. The second kappa shape index (κ2) is 14.7. The zero-order valence-corrected chi connectivity index (χ0v) is 31.4. The van der Waals surface area contributed by atoms with Crippen LogP contribution in [0.5, 0.6) is 0 Å². The van der Waals surface area contributed by atoms with Crippen molar-refractivity contribution in [2.24, 2.45) is 0 Å². The van der Waals surface area contributed by atoms with Crippen molar-refractivity contribution in [2.75, 3.05) is 9.80 Å². The van der Waals surface area contributed by atoms with E-state index in [4.69, 9.17) is 0 Å². The molecule has 2 heteroatoms. The molecule has 0 aliphatic heterocycles. The molecule has 2 aliphatic carbocycles. The largest absolute Gasteiger partial charge is 0.314 e. The molecule has 0 heterocycles. The first-order valence-electron chi connectivity index (χ1n) is 19.8. The number of fused-ring (bicyclic) bond motifs is 4. The van der Waals surface area contributed by atoms with Crippen LogP contribution in [0, 0.1) is 0 Å². The van der Waals surface area contributed by atoms with E-state index in [1.807, 2.05) is 0 Å². The number of hydrogen-bond donors (Lipinski definition) is 0. The molecule has 2 aliphatic rings. The van der Waals surface area contributed by atoms with Crippen LogP contribution in [-0.2, 0) is 6.42 Å². The molecule has 0 radical (unpaired) electrons. The lowest BCUT2D eigenvalue weighted by atomic mass is 9.95. The normalized spacial score (nSPS) is 13.9. The third-order valence-electron chi connectivity index (χ3n) is 11.3. The highest BCUT2D eigenvalue weighted by molar-refractivity contribution is 5.93. The molecule has 0 saturated heterocycles. The molecule has 0 atom stereocenters. The molecule has 0 aromatic heterocycles. The van der Waals surface area contributed by atoms with Crippen LogP contribution in [0.2, 0.25) is 0 Å². The Morgan fingerprint density at radius 2 is 0.911 bits per heavy atom. The maximum Gasteiger partial charge on any atom is 0.0468 e. The average Bonchev–Trinajstić information content (AvgIpc) is 3.26. The summed E-state index contributed by atoms with van der Waals surface area (Å²) >= 11 is 0. The summed E-state index contributed by atoms with van der Waals surface area (Å²) in [7, 11) is 0. The lowest BCUT2D eigenvalue weighted by Crippen LogP contribution is -2.18. The van der Waals surface area contributed by atoms with Crippen LogP contribution < -0.4 is 9.80 Å². The Bertz CT molecular complexity index is 2790. The minimum atomic E-state index is 0.960. The van der Waals surface area contributed by atoms with Crippen LogP contribution in [0.4, 0.5) is 28.4 Å². The van der Waals surface area contributed by atoms with Gasteiger partial charge in [0.15, 0.2) is 0 Å². The van der Waals surface area contributed by atoms with E-state index >= 15 is 0 Å². The highest BCUT2D eigenvalue weighted by Gasteiger charge is 2.19. The van der Waals surface area contributed by atoms with E-state index in [-0.39, 0.29) is 0 Å². The molecular formula is C54H42N2. The van der Waals surface area contributed by atoms with E-state index in [1.165, 1.54) is 71.7 Å². The maximum absolute atomic E-state index is 2.46. The van der Waals surface area contributed by atoms with E-state index in [2.05, 4.69) is 216 Å². The summed E-state index contributed by atoms with van der Waals surface area (Å²) in [5.74, 6) is 0. The van der Waals surface area contributed by atoms with Gasteiger partial charge in [0.2, 0.25) is 0 Å². The lowest BCUT2D eigenvalue weighted by molar-refractivity contribution is 0.891. The third-order valence-corrected chi connectivity index (χ3v) is 11.3. The predicted molar refractivity (Wildman–Crippen MR) is 240 cm³/mol. The molecule has 0 saturated carbocycles. The Morgan fingerprint density at radius 3 is 1.48 bits per heavy atom. The molecule has 0 amide bonds. The van der Waals surface area contributed by atoms with Crippen LogP contribution in [0.3, 0.4) is 0 Å². The number of hydrogen-bond acceptors (Lipinski definition) is 2. The first kappa shape index (κ1) is 33.7. The van der Waals surface area contributed by atoms with Crippen molar-refractivity contribution in [3.8, 4) is 0 Å². The predicted octanol–water partition coefficient (Wildman–Crippen LogP) is 15.0. The van der Waals surface area contributed by atoms with E-state index in [0.29, 0.717) is 0 Å². The molecule has 0 unspecified atom stereocenters. The quantitative estimate of drug-likeness (QED) is 0.154. The summed E-state index contributed by atoms with van der Waals surface area (Å²) in [6, 6.07) is 62.1. The number of allylic oxidation sites excluding steroid dienone is 6. The zero-order chi connectivity index (χ0) is 37.3. The van der Waals surface area contributed by atoms with Gasteiger partial charge < -0.3 is 9.80 Å². The number of benzene rings is 8. The Hall–Kier alpha value is -6.90. The fourth-order valence-corrected chi connectivity index (χ4v) is 8.33. The van der Waals surface area contributed by atoms with Crippen molar-refractivity contribution in [2.45, 2.75) is 25.7 Å². The van der Waals surface area contributed by atoms with E-state index in [9.17, 15) is 0 Å². The van der Waals surface area contributed by atoms with Crippen molar-refractivity contribution in [1.82, 2.24) is 0 Å². The van der Waals surface area contributed by atoms with Crippen LogP contribution in [0.1, 0.15) is 36.0 Å². The van der Waals surface area contributed by atoms with Crippen LogP contribution in [0.15, 0.2) is 205 Å². The van der Waals surface area contributed by atoms with Gasteiger partial charge in [-0.05, 0) is 147 Å². The number of aryl methyl sites for hydroxylation is 1. The highest BCUT2D eigenvalue weighted by Crippen LogP contribution is 2.39. The highest BCUT2D eigenvalue weighted by atomic mass is 15.2. The van der Waals surface area contributed by atoms with Gasteiger partial charge in [-0.25, -0.2) is 0 Å². The summed E-state index contributed by atoms with van der Waals surface area (Å²) < 4.78 is 0. The van der Waals surface area contributed by atoms with Crippen LogP contribution >= 0.6 is 0 Å². The first-order chi connectivity index (χ1) is 27.7. The second-order valence-corrected chi connectivity index (χ2v) is 14.9. The van der Waals surface area contributed by atoms with Crippen molar-refractivity contribution >= 4 is 72.9 Å². The first-order valence-corrected chi connectivity index (χ1v) is 19.8. The molecule has 56 heavy (non-hydrogen) atoms. The summed E-state index contributed by atoms with van der Waals surface area (Å²) in [5.41, 5.74) is 12.4. The molecule has 8 aromatic carbocycles. The SMILES string of the molecule is C1=Cc2cc(N(C3=CC=C(/C=C/c4ccc(N(c5ccc6ccccc6c5)c5ccc6ccccc6c5)cc4)CC3)c3ccc4ccccc4c3)ccc2CC1. The molecule has 2 nitrogen and oxygen atoms in total. The van der Waals surface area contributed by atoms with Gasteiger partial charge in [-0.1, -0.05) is 140 Å². The van der Waals surface area contributed by atoms with Gasteiger partial charge in [-0.3, -0.25) is 0 Å². The van der Waals surface area contributed by atoms with Crippen LogP contribution in [-0.4, -0.2) is 0 Å². The van der Waals surface area contributed by atoms with Gasteiger partial charge in [0.1, 0.15) is 0 Å². The molecule has 0 spiro atoms. The molecule has 0 N–H and O–H groups in total. The lowest BCUT2D eigenvalue weighted by Gasteiger charge is -2.30. The zero-order valence-electron chi connectivity index (χ0n) is 31.4. The summed E-state index contributed by atoms with van der Waals surface area (Å²) in [4.78, 5) is 4.82. The second-order valence-electron chi connectivity index (χ2n) is 14.9. The van der Waals surface area contributed by atoms with E-state index in [1.54, 1.807) is 0 Å². The molecule has 0 bridgehead atoms. The fourth-order valence-electron chi connectivity index (χ4n) is 8.33. The number of nitrogens with zero attached hydrogens (tertiary/aromatic N) is 2. The van der Waals surface area contributed by atoms with E-state index < -0.39 is 0 Å². The van der Waals surface area contributed by atoms with Crippen LogP contribution in [0.25, 0.3) is 44.5 Å². The van der Waals surface area contributed by atoms with Gasteiger partial charge in [0.05, 0.1) is 0 Å². The standard InChI is InChI=1S/C54H42N2/c1-5-13-45-35-51(31-23-41(45)9-1)55(52-32-24-42-10-2-6-14-46(42)36-52)49-27-19-39(20-28-49)17-18-40-21-29-50(30-22-40)56(53-33-25-43-11-3-7-15-47(43)37-53)54-34-26-44-12-4-8-16-48(44)38-54/h1-3,5-11,13-21,23-29,31-38H,4,12,22,30H2/b18-17+. The Balaban J connectivity index is 0.943. The monoisotopic (exact) mass is 718 g/mol. The molecule has 10 rings (SSSR count). The van der Waals surface area contributed by atoms with Gasteiger partial charge in [0, 0.05) is 34.1 Å². The summed E-state index contributed by atoms with van der Waals surface area (Å²) in [5, 5.41) is 7.46. The molecule has 268 valence electrons. The van der Waals surface area contributed by atoms with Gasteiger partial charge in [0.25, 0.3) is 0 Å². The van der Waals surface area contributed by atoms with Crippen molar-refractivity contribution in [1.29, 1.82) is 0 Å². The number of anilines is 5. The smallest absolute Gasteiger partial charge is 0.0468 e. The van der Waals surface area contributed by atoms with E-state index in [0.717, 1.165) is 42.7 Å². The van der Waals surface area contributed by atoms with Crippen molar-refractivity contribution in [3.05, 3.63) is 222 Å². The third kappa shape index (κ3) is 6.71. The van der Waals surface area contributed by atoms with Gasteiger partial charge in [-0.15, -0.1) is 0 Å². The Kier molecular flexibility index (Phi) is 8.85. The molecular weight excluding hydrogens is 677 g/mol.